The van der Waals surface area contributed by atoms with Gasteiger partial charge >= 0.3 is 0 Å². The average molecular weight is 519 g/mol. The van der Waals surface area contributed by atoms with Crippen molar-refractivity contribution >= 4 is 26.8 Å². The summed E-state index contributed by atoms with van der Waals surface area (Å²) in [7, 11) is 0.232. The number of hydrogen-bond donors (Lipinski definition) is 0. The van der Waals surface area contributed by atoms with E-state index >= 15 is 0 Å². The summed E-state index contributed by atoms with van der Waals surface area (Å²) in [6.45, 7) is 0. The maximum atomic E-state index is 13.7. The van der Waals surface area contributed by atoms with Crippen molar-refractivity contribution in [3.63, 3.8) is 0 Å². The maximum Gasteiger partial charge on any atom is 0.269 e. The maximum absolute atomic E-state index is 13.7. The zero-order valence-corrected chi connectivity index (χ0v) is 21.0. The lowest BCUT2D eigenvalue weighted by atomic mass is 10.1. The Kier molecular flexibility index (Phi) is 6.18. The van der Waals surface area contributed by atoms with Gasteiger partial charge in [0.2, 0.25) is 11.5 Å². The van der Waals surface area contributed by atoms with Gasteiger partial charge in [-0.3, -0.25) is 4.79 Å². The molecule has 0 aliphatic rings. The van der Waals surface area contributed by atoms with Gasteiger partial charge in [-0.25, -0.2) is 17.4 Å². The quantitative estimate of drug-likeness (QED) is 0.270. The molecular formula is C27H22N2O7S. The highest BCUT2D eigenvalue weighted by molar-refractivity contribution is 7.90. The first-order chi connectivity index (χ1) is 17.9. The van der Waals surface area contributed by atoms with Crippen molar-refractivity contribution in [2.24, 2.45) is 0 Å². The van der Waals surface area contributed by atoms with Crippen LogP contribution in [0, 0.1) is 0 Å². The zero-order chi connectivity index (χ0) is 26.2. The second kappa shape index (κ2) is 9.47. The smallest absolute Gasteiger partial charge is 0.269 e. The van der Waals surface area contributed by atoms with Crippen LogP contribution in [0.4, 0.5) is 0 Å². The second-order valence-electron chi connectivity index (χ2n) is 7.95. The first kappa shape index (κ1) is 24.1. The highest BCUT2D eigenvalue weighted by atomic mass is 32.2. The molecule has 37 heavy (non-hydrogen) atoms. The van der Waals surface area contributed by atoms with Crippen LogP contribution in [0.1, 0.15) is 16.1 Å². The lowest BCUT2D eigenvalue weighted by Gasteiger charge is -2.13. The van der Waals surface area contributed by atoms with Crippen LogP contribution in [0.5, 0.6) is 17.2 Å². The number of hydrogen-bond acceptors (Lipinski definition) is 8. The molecule has 2 heterocycles. The minimum atomic E-state index is -4.10. The molecule has 3 aromatic carbocycles. The van der Waals surface area contributed by atoms with Crippen LogP contribution in [-0.2, 0) is 10.0 Å². The van der Waals surface area contributed by atoms with Crippen molar-refractivity contribution in [3.05, 3.63) is 90.4 Å². The van der Waals surface area contributed by atoms with E-state index in [9.17, 15) is 13.2 Å². The fourth-order valence-corrected chi connectivity index (χ4v) is 5.39. The number of benzene rings is 3. The Morgan fingerprint density at radius 1 is 0.892 bits per heavy atom. The number of carbonyl (C=O) groups is 1. The third-order valence-corrected chi connectivity index (χ3v) is 7.52. The van der Waals surface area contributed by atoms with Crippen LogP contribution >= 0.6 is 0 Å². The Labute approximate surface area is 212 Å². The molecule has 9 nitrogen and oxygen atoms in total. The van der Waals surface area contributed by atoms with Crippen molar-refractivity contribution in [1.29, 1.82) is 0 Å². The monoisotopic (exact) mass is 518 g/mol. The summed E-state index contributed by atoms with van der Waals surface area (Å²) in [5.74, 6) is 0.398. The summed E-state index contributed by atoms with van der Waals surface area (Å²) < 4.78 is 50.0. The molecule has 0 aliphatic heterocycles. The zero-order valence-electron chi connectivity index (χ0n) is 20.2. The molecule has 0 amide bonds. The molecule has 188 valence electrons. The van der Waals surface area contributed by atoms with Gasteiger partial charge < -0.3 is 18.6 Å². The standard InChI is InChI=1S/C27H22N2O7S/c1-33-23-13-17(14-24(34-2)26(23)35-3)25(30)21-15-29(37(31,32)18-9-5-4-6-10-18)27(28-21)20-16-36-22-12-8-7-11-19(20)22/h4-16H,1-3H3. The minimum absolute atomic E-state index is 0.0459. The van der Waals surface area contributed by atoms with Crippen LogP contribution in [0.25, 0.3) is 22.4 Å². The first-order valence-corrected chi connectivity index (χ1v) is 12.5. The van der Waals surface area contributed by atoms with Gasteiger partial charge in [-0.2, -0.15) is 0 Å². The molecule has 0 fully saturated rings. The summed E-state index contributed by atoms with van der Waals surface area (Å²) in [6, 6.07) is 18.1. The van der Waals surface area contributed by atoms with Gasteiger partial charge in [0.1, 0.15) is 17.5 Å². The number of methoxy groups -OCH3 is 3. The van der Waals surface area contributed by atoms with Crippen LogP contribution < -0.4 is 14.2 Å². The summed E-state index contributed by atoms with van der Waals surface area (Å²) in [6.07, 6.45) is 2.64. The molecule has 5 aromatic rings. The molecule has 0 N–H and O–H groups in total. The predicted octanol–water partition coefficient (Wildman–Crippen LogP) is 4.79. The van der Waals surface area contributed by atoms with Gasteiger partial charge in [0.05, 0.1) is 38.0 Å². The topological polar surface area (TPSA) is 110 Å². The van der Waals surface area contributed by atoms with E-state index in [2.05, 4.69) is 4.98 Å². The largest absolute Gasteiger partial charge is 0.493 e. The Morgan fingerprint density at radius 2 is 1.54 bits per heavy atom. The fraction of sp³-hybridized carbons (Fsp3) is 0.111. The predicted molar refractivity (Wildman–Crippen MR) is 136 cm³/mol. The van der Waals surface area contributed by atoms with E-state index in [1.54, 1.807) is 30.3 Å². The van der Waals surface area contributed by atoms with Crippen molar-refractivity contribution in [2.45, 2.75) is 4.90 Å². The Bertz CT molecular complexity index is 1700. The molecule has 10 heteroatoms. The van der Waals surface area contributed by atoms with E-state index in [0.717, 1.165) is 3.97 Å². The van der Waals surface area contributed by atoms with Crippen molar-refractivity contribution in [3.8, 4) is 28.6 Å². The van der Waals surface area contributed by atoms with Crippen molar-refractivity contribution in [2.75, 3.05) is 21.3 Å². The fourth-order valence-electron chi connectivity index (χ4n) is 4.05. The number of rotatable bonds is 8. The number of fused-ring (bicyclic) bond motifs is 1. The van der Waals surface area contributed by atoms with E-state index < -0.39 is 15.8 Å². The SMILES string of the molecule is COc1cc(C(=O)c2cn(S(=O)(=O)c3ccccc3)c(-c3coc4ccccc34)n2)cc(OC)c1OC. The normalized spacial score (nSPS) is 11.4. The first-order valence-electron chi connectivity index (χ1n) is 11.1. The molecule has 0 bridgehead atoms. The summed E-state index contributed by atoms with van der Waals surface area (Å²) >= 11 is 0. The number of imidazole rings is 1. The number of nitrogens with zero attached hydrogens (tertiary/aromatic N) is 2. The number of ether oxygens (including phenoxy) is 3. The Morgan fingerprint density at radius 3 is 2.19 bits per heavy atom. The van der Waals surface area contributed by atoms with Crippen molar-refractivity contribution < 1.29 is 31.8 Å². The molecule has 0 atom stereocenters. The van der Waals surface area contributed by atoms with Crippen LogP contribution in [0.15, 0.2) is 88.5 Å². The molecule has 2 aromatic heterocycles. The number of para-hydroxylation sites is 1. The van der Waals surface area contributed by atoms with E-state index in [1.165, 1.54) is 58.1 Å². The van der Waals surface area contributed by atoms with Gasteiger partial charge in [-0.1, -0.05) is 36.4 Å². The number of carbonyl (C=O) groups excluding carboxylic acids is 1. The molecule has 0 radical (unpaired) electrons. The van der Waals surface area contributed by atoms with Crippen LogP contribution in [0.3, 0.4) is 0 Å². The van der Waals surface area contributed by atoms with E-state index in [4.69, 9.17) is 18.6 Å². The number of ketones is 1. The highest BCUT2D eigenvalue weighted by Gasteiger charge is 2.28. The van der Waals surface area contributed by atoms with E-state index in [1.807, 2.05) is 12.1 Å². The lowest BCUT2D eigenvalue weighted by molar-refractivity contribution is 0.103. The number of aromatic nitrogens is 2. The second-order valence-corrected chi connectivity index (χ2v) is 9.77. The molecule has 0 spiro atoms. The van der Waals surface area contributed by atoms with Gasteiger partial charge in [0, 0.05) is 10.9 Å². The lowest BCUT2D eigenvalue weighted by Crippen LogP contribution is -2.13. The molecular weight excluding hydrogens is 496 g/mol. The van der Waals surface area contributed by atoms with Gasteiger partial charge in [-0.05, 0) is 30.3 Å². The van der Waals surface area contributed by atoms with Gasteiger partial charge in [-0.15, -0.1) is 0 Å². The molecule has 0 saturated heterocycles. The van der Waals surface area contributed by atoms with E-state index in [0.29, 0.717) is 22.3 Å². The number of furan rings is 1. The Hall–Kier alpha value is -4.57. The highest BCUT2D eigenvalue weighted by Crippen LogP contribution is 2.39. The molecule has 0 saturated carbocycles. The summed E-state index contributed by atoms with van der Waals surface area (Å²) in [5.41, 5.74) is 1.08. The van der Waals surface area contributed by atoms with E-state index in [-0.39, 0.29) is 33.5 Å². The van der Waals surface area contributed by atoms with Crippen molar-refractivity contribution in [1.82, 2.24) is 8.96 Å². The van der Waals surface area contributed by atoms with Crippen LogP contribution in [0.2, 0.25) is 0 Å². The van der Waals surface area contributed by atoms with Crippen LogP contribution in [-0.4, -0.2) is 44.5 Å². The minimum Gasteiger partial charge on any atom is -0.493 e. The molecule has 0 aliphatic carbocycles. The molecule has 5 rings (SSSR count). The third-order valence-electron chi connectivity index (χ3n) is 5.86. The average Bonchev–Trinajstić information content (AvgIpc) is 3.57. The summed E-state index contributed by atoms with van der Waals surface area (Å²) in [5, 5.41) is 0.657. The van der Waals surface area contributed by atoms with Gasteiger partial charge in [0.25, 0.3) is 10.0 Å². The van der Waals surface area contributed by atoms with Gasteiger partial charge in [0.15, 0.2) is 17.3 Å². The summed E-state index contributed by atoms with van der Waals surface area (Å²) in [4.78, 5) is 18.1. The Balaban J connectivity index is 1.72. The molecule has 0 unspecified atom stereocenters. The third kappa shape index (κ3) is 4.11.